The molecule has 39 heavy (non-hydrogen) atoms. The van der Waals surface area contributed by atoms with Gasteiger partial charge in [-0.05, 0) is 55.7 Å². The van der Waals surface area contributed by atoms with Gasteiger partial charge in [-0.2, -0.15) is 0 Å². The van der Waals surface area contributed by atoms with E-state index in [1.807, 2.05) is 11.8 Å². The Morgan fingerprint density at radius 2 is 1.77 bits per heavy atom. The maximum Gasteiger partial charge on any atom is 0.332 e. The average Bonchev–Trinajstić information content (AvgIpc) is 3.56. The summed E-state index contributed by atoms with van der Waals surface area (Å²) < 4.78 is 23.3. The molecule has 202 valence electrons. The molecule has 2 aliphatic rings. The van der Waals surface area contributed by atoms with Crippen molar-refractivity contribution in [3.05, 3.63) is 76.3 Å². The number of hydrogen-bond donors (Lipinski definition) is 2. The molecule has 1 aliphatic heterocycles. The van der Waals surface area contributed by atoms with Crippen molar-refractivity contribution >= 4 is 17.3 Å². The lowest BCUT2D eigenvalue weighted by molar-refractivity contribution is 0.0244. The van der Waals surface area contributed by atoms with Crippen LogP contribution in [0.25, 0.3) is 27.9 Å². The lowest BCUT2D eigenvalue weighted by atomic mass is 9.90. The summed E-state index contributed by atoms with van der Waals surface area (Å²) in [7, 11) is 3.17. The van der Waals surface area contributed by atoms with E-state index in [1.54, 1.807) is 43.7 Å². The predicted octanol–water partition coefficient (Wildman–Crippen LogP) is 4.76. The van der Waals surface area contributed by atoms with Crippen LogP contribution in [-0.4, -0.2) is 50.1 Å². The molecule has 2 N–H and O–H groups in total. The monoisotopic (exact) mass is 550 g/mol. The first-order valence-electron chi connectivity index (χ1n) is 12.6. The highest BCUT2D eigenvalue weighted by Crippen LogP contribution is 2.59. The van der Waals surface area contributed by atoms with E-state index in [4.69, 9.17) is 16.3 Å². The van der Waals surface area contributed by atoms with Crippen molar-refractivity contribution in [2.24, 2.45) is 12.5 Å². The fourth-order valence-electron chi connectivity index (χ4n) is 5.68. The minimum Gasteiger partial charge on any atom is -0.507 e. The second-order valence-corrected chi connectivity index (χ2v) is 11.1. The highest BCUT2D eigenvalue weighted by Gasteiger charge is 2.61. The standard InChI is InChI=1S/C29H28ClFN4O4/c1-28(38)15-34(16-29(28)6-7-29)24-11-18(14-32-26(24)39-3)21-13-19(31)12-20(25(21)36)17-4-5-23(22(30)10-17)35-9-8-33(2)27(35)37/h4-5,8-14,36,38H,6-7,15-16H2,1-3H3. The third kappa shape index (κ3) is 4.08. The Kier molecular flexibility index (Phi) is 5.78. The lowest BCUT2D eigenvalue weighted by Gasteiger charge is -2.24. The van der Waals surface area contributed by atoms with Gasteiger partial charge in [-0.25, -0.2) is 14.2 Å². The molecule has 1 spiro atoms. The largest absolute Gasteiger partial charge is 0.507 e. The number of aryl methyl sites for hydroxylation is 1. The van der Waals surface area contributed by atoms with E-state index in [1.165, 1.54) is 34.6 Å². The zero-order valence-electron chi connectivity index (χ0n) is 21.8. The molecule has 2 fully saturated rings. The number of β-amino-alcohol motifs (C(OH)–C–C–N with tert-alkyl or cyclic N) is 1. The van der Waals surface area contributed by atoms with Gasteiger partial charge in [0.05, 0.1) is 23.4 Å². The van der Waals surface area contributed by atoms with Gasteiger partial charge in [-0.15, -0.1) is 0 Å². The summed E-state index contributed by atoms with van der Waals surface area (Å²) in [4.78, 5) is 18.9. The second-order valence-electron chi connectivity index (χ2n) is 10.7. The van der Waals surface area contributed by atoms with E-state index in [2.05, 4.69) is 4.98 Å². The van der Waals surface area contributed by atoms with Crippen LogP contribution in [0.15, 0.2) is 59.8 Å². The summed E-state index contributed by atoms with van der Waals surface area (Å²) in [6.07, 6.45) is 6.68. The first kappa shape index (κ1) is 25.5. The van der Waals surface area contributed by atoms with E-state index in [0.29, 0.717) is 41.5 Å². The molecule has 2 aromatic carbocycles. The molecule has 1 aliphatic carbocycles. The van der Waals surface area contributed by atoms with Crippen LogP contribution in [0, 0.1) is 11.2 Å². The van der Waals surface area contributed by atoms with Crippen LogP contribution in [-0.2, 0) is 7.05 Å². The quantitative estimate of drug-likeness (QED) is 0.372. The zero-order chi connectivity index (χ0) is 27.7. The van der Waals surface area contributed by atoms with Crippen LogP contribution in [0.1, 0.15) is 19.8 Å². The normalized spacial score (nSPS) is 19.6. The third-order valence-electron chi connectivity index (χ3n) is 8.21. The molecule has 3 heterocycles. The van der Waals surface area contributed by atoms with Gasteiger partial charge < -0.3 is 24.4 Å². The van der Waals surface area contributed by atoms with Gasteiger partial charge in [0, 0.05) is 60.8 Å². The van der Waals surface area contributed by atoms with Crippen molar-refractivity contribution in [2.75, 3.05) is 25.1 Å². The number of aromatic hydroxyl groups is 1. The van der Waals surface area contributed by atoms with Crippen LogP contribution in [0.2, 0.25) is 5.02 Å². The molecule has 2 aromatic heterocycles. The molecular weight excluding hydrogens is 523 g/mol. The Hall–Kier alpha value is -3.82. The summed E-state index contributed by atoms with van der Waals surface area (Å²) in [6.45, 7) is 2.94. The number of phenolic OH excluding ortho intramolecular Hbond substituents is 1. The highest BCUT2D eigenvalue weighted by atomic mass is 35.5. The Bertz CT molecular complexity index is 1670. The Labute approximate surface area is 229 Å². The number of ether oxygens (including phenoxy) is 1. The first-order chi connectivity index (χ1) is 18.5. The zero-order valence-corrected chi connectivity index (χ0v) is 22.5. The number of anilines is 1. The summed E-state index contributed by atoms with van der Waals surface area (Å²) in [5.74, 6) is -0.292. The van der Waals surface area contributed by atoms with Gasteiger partial charge in [0.15, 0.2) is 0 Å². The SMILES string of the molecule is COc1ncc(-c2cc(F)cc(-c3ccc(-n4ccn(C)c4=O)c(Cl)c3)c2O)cc1N1CC(C)(O)C2(CC2)C1. The number of rotatable bonds is 5. The molecule has 10 heteroatoms. The van der Waals surface area contributed by atoms with Gasteiger partial charge in [0.25, 0.3) is 0 Å². The van der Waals surface area contributed by atoms with Gasteiger partial charge in [-0.1, -0.05) is 17.7 Å². The fraction of sp³-hybridized carbons (Fsp3) is 0.310. The number of hydrogen-bond acceptors (Lipinski definition) is 6. The number of imidazole rings is 1. The number of aromatic nitrogens is 3. The van der Waals surface area contributed by atoms with Crippen molar-refractivity contribution in [1.29, 1.82) is 0 Å². The van der Waals surface area contributed by atoms with Crippen molar-refractivity contribution < 1.29 is 19.3 Å². The van der Waals surface area contributed by atoms with E-state index in [0.717, 1.165) is 12.8 Å². The molecule has 0 radical (unpaired) electrons. The minimum absolute atomic E-state index is 0.137. The summed E-state index contributed by atoms with van der Waals surface area (Å²) in [5.41, 5.74) is 1.40. The Morgan fingerprint density at radius 3 is 2.36 bits per heavy atom. The number of nitrogens with zero attached hydrogens (tertiary/aromatic N) is 4. The average molecular weight is 551 g/mol. The predicted molar refractivity (Wildman–Crippen MR) is 147 cm³/mol. The van der Waals surface area contributed by atoms with Crippen molar-refractivity contribution in [1.82, 2.24) is 14.1 Å². The Morgan fingerprint density at radius 1 is 1.05 bits per heavy atom. The van der Waals surface area contributed by atoms with E-state index < -0.39 is 11.4 Å². The van der Waals surface area contributed by atoms with Crippen molar-refractivity contribution in [3.8, 4) is 39.6 Å². The number of halogens is 2. The number of methoxy groups -OCH3 is 1. The van der Waals surface area contributed by atoms with Crippen LogP contribution in [0.4, 0.5) is 10.1 Å². The van der Waals surface area contributed by atoms with Gasteiger partial charge in [0.2, 0.25) is 5.88 Å². The minimum atomic E-state index is -0.835. The molecule has 1 saturated carbocycles. The highest BCUT2D eigenvalue weighted by molar-refractivity contribution is 6.32. The van der Waals surface area contributed by atoms with Gasteiger partial charge >= 0.3 is 5.69 Å². The number of aliphatic hydroxyl groups is 1. The van der Waals surface area contributed by atoms with E-state index in [-0.39, 0.29) is 33.0 Å². The molecule has 6 rings (SSSR count). The summed E-state index contributed by atoms with van der Waals surface area (Å²) in [5, 5.41) is 22.6. The molecule has 8 nitrogen and oxygen atoms in total. The topological polar surface area (TPSA) is 92.8 Å². The second kappa shape index (κ2) is 8.86. The molecule has 1 unspecified atom stereocenters. The van der Waals surface area contributed by atoms with E-state index in [9.17, 15) is 19.4 Å². The number of benzene rings is 2. The first-order valence-corrected chi connectivity index (χ1v) is 13.0. The fourth-order valence-corrected chi connectivity index (χ4v) is 5.95. The molecule has 1 atom stereocenters. The molecule has 4 aromatic rings. The molecule has 0 bridgehead atoms. The summed E-state index contributed by atoms with van der Waals surface area (Å²) in [6, 6.07) is 9.23. The maximum absolute atomic E-state index is 15.0. The lowest BCUT2D eigenvalue weighted by Crippen LogP contribution is -2.35. The van der Waals surface area contributed by atoms with Crippen LogP contribution < -0.4 is 15.3 Å². The Balaban J connectivity index is 1.41. The van der Waals surface area contributed by atoms with Gasteiger partial charge in [0.1, 0.15) is 17.3 Å². The number of pyridine rings is 1. The molecule has 1 saturated heterocycles. The molecular formula is C29H28ClFN4O4. The third-order valence-corrected chi connectivity index (χ3v) is 8.51. The van der Waals surface area contributed by atoms with Crippen molar-refractivity contribution in [2.45, 2.75) is 25.4 Å². The van der Waals surface area contributed by atoms with Gasteiger partial charge in [-0.3, -0.25) is 4.57 Å². The smallest absolute Gasteiger partial charge is 0.332 e. The summed E-state index contributed by atoms with van der Waals surface area (Å²) >= 11 is 6.53. The van der Waals surface area contributed by atoms with Crippen molar-refractivity contribution in [3.63, 3.8) is 0 Å². The molecule has 0 amide bonds. The van der Waals surface area contributed by atoms with Crippen LogP contribution in [0.3, 0.4) is 0 Å². The maximum atomic E-state index is 15.0. The van der Waals surface area contributed by atoms with E-state index >= 15 is 0 Å². The van der Waals surface area contributed by atoms with Crippen LogP contribution >= 0.6 is 11.6 Å². The van der Waals surface area contributed by atoms with Crippen LogP contribution in [0.5, 0.6) is 11.6 Å². The number of phenols is 1.